The van der Waals surface area contributed by atoms with E-state index >= 15 is 0 Å². The summed E-state index contributed by atoms with van der Waals surface area (Å²) in [5, 5.41) is 12.1. The molecule has 1 aliphatic rings. The number of rotatable bonds is 4. The summed E-state index contributed by atoms with van der Waals surface area (Å²) in [4.78, 5) is 24.8. The molecule has 1 fully saturated rings. The van der Waals surface area contributed by atoms with Crippen LogP contribution in [0.15, 0.2) is 30.3 Å². The van der Waals surface area contributed by atoms with E-state index in [9.17, 15) is 19.1 Å². The molecule has 26 heavy (non-hydrogen) atoms. The molecule has 0 heterocycles. The summed E-state index contributed by atoms with van der Waals surface area (Å²) in [6.45, 7) is 5.44. The Kier molecular flexibility index (Phi) is 6.45. The molecule has 6 nitrogen and oxygen atoms in total. The maximum atomic E-state index is 14.6. The molecule has 0 radical (unpaired) electrons. The number of alkyl halides is 1. The molecule has 3 atom stereocenters. The molecule has 0 spiro atoms. The number of carboxylic acid groups (broad SMARTS) is 1. The van der Waals surface area contributed by atoms with Crippen LogP contribution >= 0.6 is 0 Å². The van der Waals surface area contributed by atoms with Crippen molar-refractivity contribution >= 4 is 12.2 Å². The number of halogens is 1. The molecule has 2 N–H and O–H groups in total. The molecule has 0 aromatic heterocycles. The van der Waals surface area contributed by atoms with Crippen LogP contribution < -0.4 is 5.32 Å². The number of nitrogens with one attached hydrogen (secondary N) is 1. The van der Waals surface area contributed by atoms with Crippen LogP contribution in [-0.4, -0.2) is 46.0 Å². The average molecular weight is 366 g/mol. The fourth-order valence-electron chi connectivity index (χ4n) is 3.13. The lowest BCUT2D eigenvalue weighted by molar-refractivity contribution is 0.0380. The summed E-state index contributed by atoms with van der Waals surface area (Å²) < 4.78 is 19.7. The first-order chi connectivity index (χ1) is 12.2. The zero-order valence-electron chi connectivity index (χ0n) is 15.4. The number of ether oxygens (including phenoxy) is 1. The van der Waals surface area contributed by atoms with Crippen LogP contribution in [0.3, 0.4) is 0 Å². The van der Waals surface area contributed by atoms with Crippen molar-refractivity contribution < 1.29 is 23.8 Å². The largest absolute Gasteiger partial charge is 0.465 e. The Labute approximate surface area is 153 Å². The third-order valence-electron chi connectivity index (χ3n) is 4.33. The highest BCUT2D eigenvalue weighted by Crippen LogP contribution is 2.27. The molecule has 1 aromatic carbocycles. The summed E-state index contributed by atoms with van der Waals surface area (Å²) in [6.07, 6.45) is -2.13. The van der Waals surface area contributed by atoms with Gasteiger partial charge in [0.2, 0.25) is 0 Å². The van der Waals surface area contributed by atoms with E-state index in [0.717, 1.165) is 5.56 Å². The van der Waals surface area contributed by atoms with E-state index in [4.69, 9.17) is 4.74 Å². The predicted octanol–water partition coefficient (Wildman–Crippen LogP) is 3.95. The summed E-state index contributed by atoms with van der Waals surface area (Å²) in [5.74, 6) is 0. The van der Waals surface area contributed by atoms with Crippen molar-refractivity contribution in [1.29, 1.82) is 0 Å². The minimum absolute atomic E-state index is 0.0552. The normalized spacial score (nSPS) is 23.2. The molecule has 1 saturated carbocycles. The Bertz CT molecular complexity index is 618. The third-order valence-corrected chi connectivity index (χ3v) is 4.33. The fourth-order valence-corrected chi connectivity index (χ4v) is 3.13. The van der Waals surface area contributed by atoms with Crippen LogP contribution in [0.1, 0.15) is 45.6 Å². The van der Waals surface area contributed by atoms with Gasteiger partial charge in [0.1, 0.15) is 11.8 Å². The monoisotopic (exact) mass is 366 g/mol. The summed E-state index contributed by atoms with van der Waals surface area (Å²) in [5.41, 5.74) is 0.211. The van der Waals surface area contributed by atoms with E-state index in [1.807, 2.05) is 30.3 Å². The third kappa shape index (κ3) is 5.89. The summed E-state index contributed by atoms with van der Waals surface area (Å²) in [7, 11) is 0. The minimum atomic E-state index is -1.32. The molecule has 144 valence electrons. The minimum Gasteiger partial charge on any atom is -0.465 e. The lowest BCUT2D eigenvalue weighted by atomic mass is 9.88. The van der Waals surface area contributed by atoms with Gasteiger partial charge < -0.3 is 20.1 Å². The summed E-state index contributed by atoms with van der Waals surface area (Å²) >= 11 is 0. The Morgan fingerprint density at radius 1 is 1.27 bits per heavy atom. The highest BCUT2D eigenvalue weighted by Gasteiger charge is 2.36. The van der Waals surface area contributed by atoms with E-state index in [-0.39, 0.29) is 13.0 Å². The Morgan fingerprint density at radius 3 is 2.46 bits per heavy atom. The van der Waals surface area contributed by atoms with Gasteiger partial charge in [-0.05, 0) is 39.2 Å². The first kappa shape index (κ1) is 20.0. The molecule has 0 saturated heterocycles. The van der Waals surface area contributed by atoms with Gasteiger partial charge in [0, 0.05) is 19.0 Å². The van der Waals surface area contributed by atoms with Crippen molar-refractivity contribution in [3.05, 3.63) is 35.9 Å². The van der Waals surface area contributed by atoms with Gasteiger partial charge in [-0.2, -0.15) is 0 Å². The van der Waals surface area contributed by atoms with Crippen LogP contribution in [0.25, 0.3) is 0 Å². The van der Waals surface area contributed by atoms with Crippen molar-refractivity contribution in [2.24, 2.45) is 0 Å². The van der Waals surface area contributed by atoms with E-state index in [2.05, 4.69) is 5.32 Å². The maximum Gasteiger partial charge on any atom is 0.407 e. The Balaban J connectivity index is 1.95. The molecule has 2 amide bonds. The highest BCUT2D eigenvalue weighted by atomic mass is 19.1. The zero-order chi connectivity index (χ0) is 19.3. The molecule has 1 aliphatic carbocycles. The molecule has 1 aromatic rings. The lowest BCUT2D eigenvalue weighted by Crippen LogP contribution is -2.51. The van der Waals surface area contributed by atoms with E-state index in [0.29, 0.717) is 12.8 Å². The second kappa shape index (κ2) is 8.38. The number of amides is 2. The number of alkyl carbamates (subject to hydrolysis) is 1. The van der Waals surface area contributed by atoms with E-state index in [1.165, 1.54) is 4.90 Å². The van der Waals surface area contributed by atoms with Gasteiger partial charge >= 0.3 is 12.2 Å². The van der Waals surface area contributed by atoms with Crippen molar-refractivity contribution in [3.63, 3.8) is 0 Å². The van der Waals surface area contributed by atoms with Crippen molar-refractivity contribution in [2.45, 2.75) is 70.4 Å². The van der Waals surface area contributed by atoms with Crippen molar-refractivity contribution in [3.8, 4) is 0 Å². The van der Waals surface area contributed by atoms with Gasteiger partial charge in [-0.1, -0.05) is 30.3 Å². The number of carbonyl (C=O) groups is 2. The van der Waals surface area contributed by atoms with Crippen molar-refractivity contribution in [2.75, 3.05) is 0 Å². The second-order valence-electron chi connectivity index (χ2n) is 7.63. The SMILES string of the molecule is CC(C)(C)OC(=O)N[C@@H]1CC[C@@H](N(Cc2ccccc2)C(=O)O)C[C@@H]1F. The summed E-state index contributed by atoms with van der Waals surface area (Å²) in [6, 6.07) is 8.16. The van der Waals surface area contributed by atoms with Crippen LogP contribution in [0.5, 0.6) is 0 Å². The molecule has 7 heteroatoms. The van der Waals surface area contributed by atoms with Crippen LogP contribution in [0.4, 0.5) is 14.0 Å². The van der Waals surface area contributed by atoms with Gasteiger partial charge in [0.15, 0.2) is 0 Å². The Hall–Kier alpha value is -2.31. The molecular weight excluding hydrogens is 339 g/mol. The van der Waals surface area contributed by atoms with Gasteiger partial charge in [-0.3, -0.25) is 0 Å². The molecule has 0 bridgehead atoms. The van der Waals surface area contributed by atoms with Crippen LogP contribution in [-0.2, 0) is 11.3 Å². The first-order valence-corrected chi connectivity index (χ1v) is 8.83. The molecule has 0 aliphatic heterocycles. The Morgan fingerprint density at radius 2 is 1.92 bits per heavy atom. The zero-order valence-corrected chi connectivity index (χ0v) is 15.4. The second-order valence-corrected chi connectivity index (χ2v) is 7.63. The fraction of sp³-hybridized carbons (Fsp3) is 0.579. The maximum absolute atomic E-state index is 14.6. The van der Waals surface area contributed by atoms with Gasteiger partial charge in [-0.15, -0.1) is 0 Å². The average Bonchev–Trinajstić information content (AvgIpc) is 2.53. The smallest absolute Gasteiger partial charge is 0.407 e. The topological polar surface area (TPSA) is 78.9 Å². The van der Waals surface area contributed by atoms with Gasteiger partial charge in [0.25, 0.3) is 0 Å². The highest BCUT2D eigenvalue weighted by molar-refractivity contribution is 5.68. The molecule has 0 unspecified atom stereocenters. The number of carbonyl (C=O) groups excluding carboxylic acids is 1. The molecular formula is C19H27FN2O4. The van der Waals surface area contributed by atoms with Crippen molar-refractivity contribution in [1.82, 2.24) is 10.2 Å². The number of benzene rings is 1. The standard InChI is InChI=1S/C19H27FN2O4/c1-19(2,3)26-17(23)21-16-10-9-14(11-15(16)20)22(18(24)25)12-13-7-5-4-6-8-13/h4-8,14-16H,9-12H2,1-3H3,(H,21,23)(H,24,25)/t14-,15+,16-/m1/s1. The number of hydrogen-bond acceptors (Lipinski definition) is 3. The first-order valence-electron chi connectivity index (χ1n) is 8.83. The van der Waals surface area contributed by atoms with E-state index in [1.54, 1.807) is 20.8 Å². The van der Waals surface area contributed by atoms with Gasteiger partial charge in [-0.25, -0.2) is 14.0 Å². The predicted molar refractivity (Wildman–Crippen MR) is 95.7 cm³/mol. The number of nitrogens with zero attached hydrogens (tertiary/aromatic N) is 1. The van der Waals surface area contributed by atoms with Crippen LogP contribution in [0.2, 0.25) is 0 Å². The van der Waals surface area contributed by atoms with Gasteiger partial charge in [0.05, 0.1) is 6.04 Å². The lowest BCUT2D eigenvalue weighted by Gasteiger charge is -2.37. The van der Waals surface area contributed by atoms with E-state index < -0.39 is 36.0 Å². The molecule has 2 rings (SSSR count). The quantitative estimate of drug-likeness (QED) is 0.846. The number of hydrogen-bond donors (Lipinski definition) is 2. The van der Waals surface area contributed by atoms with Crippen LogP contribution in [0, 0.1) is 0 Å².